The summed E-state index contributed by atoms with van der Waals surface area (Å²) in [6.45, 7) is 34.5. The lowest BCUT2D eigenvalue weighted by molar-refractivity contribution is 0.0136. The third kappa shape index (κ3) is 17.0. The van der Waals surface area contributed by atoms with E-state index < -0.39 is 0 Å². The maximum atomic E-state index is 6.28. The van der Waals surface area contributed by atoms with Gasteiger partial charge in [-0.05, 0) is 162 Å². The monoisotopic (exact) mass is 1270 g/mol. The average molecular weight is 1270 g/mol. The van der Waals surface area contributed by atoms with Gasteiger partial charge >= 0.3 is 0 Å². The highest BCUT2D eigenvalue weighted by Crippen LogP contribution is 2.35. The van der Waals surface area contributed by atoms with Crippen molar-refractivity contribution in [1.29, 1.82) is 0 Å². The van der Waals surface area contributed by atoms with E-state index in [9.17, 15) is 0 Å². The number of pyridine rings is 1. The lowest BCUT2D eigenvalue weighted by atomic mass is 9.99. The molecule has 14 heteroatoms. The van der Waals surface area contributed by atoms with Crippen LogP contribution in [0.25, 0.3) is 56.0 Å². The third-order valence-electron chi connectivity index (χ3n) is 21.7. The quantitative estimate of drug-likeness (QED) is 0.0810. The molecule has 9 heterocycles. The van der Waals surface area contributed by atoms with Crippen molar-refractivity contribution >= 4 is 50.5 Å². The van der Waals surface area contributed by atoms with Gasteiger partial charge in [-0.15, -0.1) is 0 Å². The molecule has 498 valence electrons. The molecule has 0 saturated carbocycles. The Hall–Kier alpha value is -6.85. The summed E-state index contributed by atoms with van der Waals surface area (Å²) in [4.78, 5) is 34.8. The number of ether oxygens (including phenoxy) is 1. The summed E-state index contributed by atoms with van der Waals surface area (Å²) in [5, 5.41) is 6.33. The van der Waals surface area contributed by atoms with E-state index in [-0.39, 0.29) is 0 Å². The molecule has 0 radical (unpaired) electrons. The second-order valence-electron chi connectivity index (χ2n) is 28.4. The number of aromatic nitrogens is 3. The van der Waals surface area contributed by atoms with Crippen molar-refractivity contribution < 1.29 is 4.74 Å². The van der Waals surface area contributed by atoms with Crippen molar-refractivity contribution in [2.45, 2.75) is 103 Å². The number of allylic oxidation sites excluding steroid dienone is 1. The van der Waals surface area contributed by atoms with Crippen LogP contribution in [0.5, 0.6) is 0 Å². The van der Waals surface area contributed by atoms with Gasteiger partial charge < -0.3 is 39.6 Å². The molecule has 6 aliphatic heterocycles. The maximum absolute atomic E-state index is 6.28. The summed E-state index contributed by atoms with van der Waals surface area (Å²) in [6.07, 6.45) is 15.0. The summed E-state index contributed by atoms with van der Waals surface area (Å²) in [7, 11) is 2.24. The fourth-order valence-corrected chi connectivity index (χ4v) is 15.5. The van der Waals surface area contributed by atoms with Gasteiger partial charge in [-0.25, -0.2) is 0 Å². The first kappa shape index (κ1) is 65.8. The van der Waals surface area contributed by atoms with Crippen molar-refractivity contribution in [3.8, 4) is 22.5 Å². The molecular weight excluding hydrogens is 1160 g/mol. The minimum Gasteiger partial charge on any atom is -0.377 e. The van der Waals surface area contributed by atoms with E-state index in [2.05, 4.69) is 245 Å². The van der Waals surface area contributed by atoms with E-state index in [4.69, 9.17) is 4.74 Å². The van der Waals surface area contributed by atoms with Crippen molar-refractivity contribution in [2.75, 3.05) is 166 Å². The number of rotatable bonds is 17. The van der Waals surface area contributed by atoms with Crippen molar-refractivity contribution in [2.24, 2.45) is 0 Å². The molecule has 6 saturated heterocycles. The van der Waals surface area contributed by atoms with Gasteiger partial charge in [0.05, 0.1) is 24.6 Å². The van der Waals surface area contributed by atoms with E-state index in [1.165, 1.54) is 196 Å². The summed E-state index contributed by atoms with van der Waals surface area (Å²) >= 11 is 0. The van der Waals surface area contributed by atoms with E-state index in [0.29, 0.717) is 24.2 Å². The van der Waals surface area contributed by atoms with Gasteiger partial charge in [0.1, 0.15) is 0 Å². The number of hydrogen-bond donors (Lipinski definition) is 3. The van der Waals surface area contributed by atoms with Crippen molar-refractivity contribution in [3.05, 3.63) is 169 Å². The first-order valence-electron chi connectivity index (χ1n) is 36.1. The van der Waals surface area contributed by atoms with E-state index in [0.717, 1.165) is 82.4 Å². The van der Waals surface area contributed by atoms with Crippen LogP contribution in [0.1, 0.15) is 82.9 Å². The number of hydrogen-bond acceptors (Lipinski definition) is 12. The smallest absolute Gasteiger partial charge is 0.0609 e. The number of benzene rings is 5. The second-order valence-corrected chi connectivity index (χ2v) is 28.4. The van der Waals surface area contributed by atoms with Crippen molar-refractivity contribution in [3.63, 3.8) is 0 Å². The first-order valence-corrected chi connectivity index (χ1v) is 36.1. The lowest BCUT2D eigenvalue weighted by Gasteiger charge is -2.42. The molecular formula is C80H107N13O. The molecule has 0 amide bonds. The maximum Gasteiger partial charge on any atom is 0.0609 e. The molecule has 3 aromatic heterocycles. The van der Waals surface area contributed by atoms with Crippen LogP contribution in [0.3, 0.4) is 0 Å². The molecule has 7 aliphatic rings. The van der Waals surface area contributed by atoms with Crippen LogP contribution >= 0.6 is 0 Å². The minimum absolute atomic E-state index is 0.398. The molecule has 0 spiro atoms. The highest BCUT2D eigenvalue weighted by Gasteiger charge is 2.29. The summed E-state index contributed by atoms with van der Waals surface area (Å²) in [5.41, 5.74) is 16.7. The van der Waals surface area contributed by atoms with E-state index >= 15 is 0 Å². The van der Waals surface area contributed by atoms with Gasteiger partial charge in [0, 0.05) is 218 Å². The van der Waals surface area contributed by atoms with Crippen LogP contribution < -0.4 is 20.0 Å². The zero-order valence-electron chi connectivity index (χ0n) is 57.3. The van der Waals surface area contributed by atoms with Crippen LogP contribution in [0.2, 0.25) is 0 Å². The number of aromatic amines is 2. The molecule has 8 aromatic rings. The number of piperidine rings is 3. The van der Waals surface area contributed by atoms with E-state index in [1.807, 2.05) is 12.4 Å². The Labute approximate surface area is 561 Å². The SMILES string of the molecule is CC(C)N1CCN(CCNC2CCN(c3cncc(-c4cc5ccccc5[nH]4)c3)CC2)CC1.CC(C)N1CCN(CCOC2CCN(c3cccc(-c4cc5ccccc5[nH]4)c3)CC2)CC1.CN1CCN(C2CCN(c3cccc(C4=Cc5ccccc5C4)c3)CC2)CC1. The molecule has 15 rings (SSSR count). The van der Waals surface area contributed by atoms with Gasteiger partial charge in [-0.1, -0.05) is 91.0 Å². The number of nitrogens with one attached hydrogen (secondary N) is 3. The lowest BCUT2D eigenvalue weighted by Crippen LogP contribution is -2.52. The number of piperazine rings is 3. The Kier molecular flexibility index (Phi) is 22.3. The zero-order valence-corrected chi connectivity index (χ0v) is 57.3. The predicted octanol–water partition coefficient (Wildman–Crippen LogP) is 12.7. The van der Waals surface area contributed by atoms with Crippen LogP contribution in [0, 0.1) is 0 Å². The molecule has 1 aliphatic carbocycles. The molecule has 0 bridgehead atoms. The van der Waals surface area contributed by atoms with Crippen LogP contribution in [-0.2, 0) is 11.2 Å². The number of H-pyrrole nitrogens is 2. The third-order valence-corrected chi connectivity index (χ3v) is 21.7. The molecule has 0 atom stereocenters. The summed E-state index contributed by atoms with van der Waals surface area (Å²) in [5.74, 6) is 0. The highest BCUT2D eigenvalue weighted by atomic mass is 16.5. The van der Waals surface area contributed by atoms with Gasteiger partial charge in [-0.3, -0.25) is 29.5 Å². The standard InChI is InChI=1S/C28H38N4O.C27H38N6.C25H31N3/c1-22(2)31-16-14-30(15-17-31)18-19-33-26-10-12-32(13-11-26)25-8-5-7-23(20-25)28-21-24-6-3-4-9-27(24)29-28;1-21(2)32-15-13-31(14-16-32)12-9-29-24-7-10-33(11-8-24)25-17-23(19-28-20-25)27-18-22-5-3-4-6-26(22)30-27;1-26-13-15-28(16-14-26)24-9-11-27(12-10-24)25-8-4-7-22(19-25)23-17-20-5-2-3-6-21(20)18-23/h3-9,20-22,26,29H,10-19H2,1-2H3;3-6,17-21,24,29-30H,7-16H2,1-2H3;2-8,17,19,24H,9-16,18H2,1H3. The predicted molar refractivity (Wildman–Crippen MR) is 395 cm³/mol. The minimum atomic E-state index is 0.398. The Balaban J connectivity index is 0.000000129. The van der Waals surface area contributed by atoms with Crippen LogP contribution in [0.15, 0.2) is 152 Å². The summed E-state index contributed by atoms with van der Waals surface area (Å²) < 4.78 is 6.28. The number of likely N-dealkylation sites (N-methyl/N-ethyl adjacent to an activating group) is 1. The molecule has 94 heavy (non-hydrogen) atoms. The first-order chi connectivity index (χ1) is 46.1. The van der Waals surface area contributed by atoms with E-state index in [1.54, 1.807) is 0 Å². The number of para-hydroxylation sites is 2. The number of anilines is 3. The topological polar surface area (TPSA) is 94.9 Å². The fourth-order valence-electron chi connectivity index (χ4n) is 15.5. The van der Waals surface area contributed by atoms with Gasteiger partial charge in [-0.2, -0.15) is 0 Å². The number of nitrogens with zero attached hydrogens (tertiary/aromatic N) is 10. The average Bonchev–Trinajstić information content (AvgIpc) is 1.67. The van der Waals surface area contributed by atoms with Crippen molar-refractivity contribution in [1.82, 2.24) is 49.7 Å². The number of fused-ring (bicyclic) bond motifs is 3. The van der Waals surface area contributed by atoms with Gasteiger partial charge in [0.15, 0.2) is 0 Å². The Morgan fingerprint density at radius 2 is 1.02 bits per heavy atom. The van der Waals surface area contributed by atoms with Gasteiger partial charge in [0.2, 0.25) is 0 Å². The molecule has 3 N–H and O–H groups in total. The molecule has 14 nitrogen and oxygen atoms in total. The normalized spacial score (nSPS) is 19.8. The highest BCUT2D eigenvalue weighted by molar-refractivity contribution is 5.90. The Morgan fingerprint density at radius 3 is 1.64 bits per heavy atom. The Morgan fingerprint density at radius 1 is 0.489 bits per heavy atom. The van der Waals surface area contributed by atoms with Gasteiger partial charge in [0.25, 0.3) is 0 Å². The molecule has 6 fully saturated rings. The molecule has 5 aromatic carbocycles. The molecule has 0 unspecified atom stereocenters. The largest absolute Gasteiger partial charge is 0.377 e. The second kappa shape index (κ2) is 31.8. The van der Waals surface area contributed by atoms with Crippen LogP contribution in [0.4, 0.5) is 17.1 Å². The van der Waals surface area contributed by atoms with Crippen LogP contribution in [-0.4, -0.2) is 226 Å². The Bertz CT molecular complexity index is 3440. The fraction of sp³-hybridized carbons (Fsp3) is 0.487. The zero-order chi connectivity index (χ0) is 64.2. The summed E-state index contributed by atoms with van der Waals surface area (Å²) in [6, 6.07) is 53.3.